The van der Waals surface area contributed by atoms with Crippen LogP contribution in [0.2, 0.25) is 0 Å². The third kappa shape index (κ3) is 4.35. The quantitative estimate of drug-likeness (QED) is 0.859. The normalized spacial score (nSPS) is 21.7. The second-order valence-electron chi connectivity index (χ2n) is 8.24. The van der Waals surface area contributed by atoms with Crippen LogP contribution in [0.25, 0.3) is 0 Å². The summed E-state index contributed by atoms with van der Waals surface area (Å²) < 4.78 is 2.37. The molecule has 0 atom stereocenters. The van der Waals surface area contributed by atoms with Crippen molar-refractivity contribution in [2.75, 3.05) is 32.7 Å². The van der Waals surface area contributed by atoms with Crippen molar-refractivity contribution in [3.8, 4) is 0 Å². The molecule has 0 bridgehead atoms. The van der Waals surface area contributed by atoms with Gasteiger partial charge in [-0.05, 0) is 72.6 Å². The monoisotopic (exact) mass is 334 g/mol. The zero-order chi connectivity index (χ0) is 17.2. The Balaban J connectivity index is 1.62. The van der Waals surface area contributed by atoms with Crippen LogP contribution < -0.4 is 5.73 Å². The molecule has 2 saturated heterocycles. The molecular formula is C18H34N6. The molecule has 136 valence electrons. The molecule has 2 fully saturated rings. The van der Waals surface area contributed by atoms with Gasteiger partial charge in [0.25, 0.3) is 0 Å². The third-order valence-corrected chi connectivity index (χ3v) is 5.32. The van der Waals surface area contributed by atoms with Gasteiger partial charge in [-0.25, -0.2) is 0 Å². The molecule has 0 unspecified atom stereocenters. The lowest BCUT2D eigenvalue weighted by atomic mass is 9.94. The molecule has 2 N–H and O–H groups in total. The second kappa shape index (κ2) is 7.50. The first kappa shape index (κ1) is 17.8. The van der Waals surface area contributed by atoms with Crippen LogP contribution in [0.5, 0.6) is 0 Å². The first-order chi connectivity index (χ1) is 11.5. The molecule has 3 heterocycles. The van der Waals surface area contributed by atoms with Crippen molar-refractivity contribution >= 4 is 0 Å². The Bertz CT molecular complexity index is 518. The van der Waals surface area contributed by atoms with E-state index in [-0.39, 0.29) is 5.54 Å². The van der Waals surface area contributed by atoms with Crippen LogP contribution in [0, 0.1) is 0 Å². The molecule has 0 amide bonds. The zero-order valence-corrected chi connectivity index (χ0v) is 15.7. The van der Waals surface area contributed by atoms with Gasteiger partial charge in [0.05, 0.1) is 6.54 Å². The van der Waals surface area contributed by atoms with E-state index in [0.29, 0.717) is 5.92 Å². The Hall–Kier alpha value is -0.980. The van der Waals surface area contributed by atoms with Gasteiger partial charge in [0.1, 0.15) is 11.6 Å². The summed E-state index contributed by atoms with van der Waals surface area (Å²) in [4.78, 5) is 5.00. The van der Waals surface area contributed by atoms with Crippen LogP contribution in [0.3, 0.4) is 0 Å². The van der Waals surface area contributed by atoms with Crippen molar-refractivity contribution in [1.29, 1.82) is 0 Å². The maximum Gasteiger partial charge on any atom is 0.147 e. The van der Waals surface area contributed by atoms with Crippen LogP contribution in [-0.2, 0) is 13.1 Å². The number of piperidine rings is 1. The smallest absolute Gasteiger partial charge is 0.147 e. The molecule has 6 nitrogen and oxygen atoms in total. The van der Waals surface area contributed by atoms with Gasteiger partial charge < -0.3 is 15.2 Å². The van der Waals surface area contributed by atoms with E-state index in [4.69, 9.17) is 5.73 Å². The largest absolute Gasteiger partial charge is 0.324 e. The van der Waals surface area contributed by atoms with E-state index in [2.05, 4.69) is 45.3 Å². The highest BCUT2D eigenvalue weighted by atomic mass is 15.3. The zero-order valence-electron chi connectivity index (χ0n) is 15.7. The number of hydrogen-bond donors (Lipinski definition) is 1. The van der Waals surface area contributed by atoms with Crippen molar-refractivity contribution in [3.05, 3.63) is 11.6 Å². The second-order valence-corrected chi connectivity index (χ2v) is 8.24. The fourth-order valence-corrected chi connectivity index (χ4v) is 4.18. The average molecular weight is 335 g/mol. The summed E-state index contributed by atoms with van der Waals surface area (Å²) in [6.07, 6.45) is 4.97. The van der Waals surface area contributed by atoms with Crippen molar-refractivity contribution in [3.63, 3.8) is 0 Å². The van der Waals surface area contributed by atoms with Crippen molar-refractivity contribution in [2.45, 2.75) is 71.0 Å². The van der Waals surface area contributed by atoms with Crippen LogP contribution in [0.4, 0.5) is 0 Å². The molecule has 0 spiro atoms. The van der Waals surface area contributed by atoms with E-state index in [1.165, 1.54) is 31.8 Å². The maximum atomic E-state index is 6.17. The third-order valence-electron chi connectivity index (χ3n) is 5.32. The summed E-state index contributed by atoms with van der Waals surface area (Å²) in [5.41, 5.74) is 6.05. The van der Waals surface area contributed by atoms with Gasteiger partial charge in [0.2, 0.25) is 0 Å². The van der Waals surface area contributed by atoms with Crippen LogP contribution in [-0.4, -0.2) is 62.8 Å². The minimum atomic E-state index is -0.112. The lowest BCUT2D eigenvalue weighted by molar-refractivity contribution is 0.176. The fourth-order valence-electron chi connectivity index (χ4n) is 4.18. The number of hydrogen-bond acceptors (Lipinski definition) is 5. The van der Waals surface area contributed by atoms with Crippen LogP contribution in [0.15, 0.2) is 0 Å². The van der Waals surface area contributed by atoms with Gasteiger partial charge in [-0.1, -0.05) is 0 Å². The Kier molecular flexibility index (Phi) is 5.57. The predicted octanol–water partition coefficient (Wildman–Crippen LogP) is 1.81. The van der Waals surface area contributed by atoms with E-state index < -0.39 is 0 Å². The molecule has 1 aromatic rings. The predicted molar refractivity (Wildman–Crippen MR) is 96.9 cm³/mol. The maximum absolute atomic E-state index is 6.17. The number of aromatic nitrogens is 3. The highest BCUT2D eigenvalue weighted by Gasteiger charge is 2.28. The molecule has 0 aromatic carbocycles. The summed E-state index contributed by atoms with van der Waals surface area (Å²) in [6, 6.07) is 0. The highest BCUT2D eigenvalue weighted by molar-refractivity contribution is 5.04. The van der Waals surface area contributed by atoms with E-state index in [1.807, 2.05) is 0 Å². The molecule has 3 rings (SSSR count). The van der Waals surface area contributed by atoms with Gasteiger partial charge >= 0.3 is 0 Å². The summed E-state index contributed by atoms with van der Waals surface area (Å²) >= 11 is 0. The number of nitrogens with zero attached hydrogens (tertiary/aromatic N) is 5. The lowest BCUT2D eigenvalue weighted by Gasteiger charge is -2.35. The average Bonchev–Trinajstić information content (AvgIpc) is 3.16. The number of rotatable bonds is 6. The number of nitrogens with two attached hydrogens (primary N) is 1. The lowest BCUT2D eigenvalue weighted by Crippen LogP contribution is -2.47. The Labute approximate surface area is 146 Å². The molecule has 24 heavy (non-hydrogen) atoms. The van der Waals surface area contributed by atoms with E-state index in [0.717, 1.165) is 51.4 Å². The van der Waals surface area contributed by atoms with Crippen LogP contribution in [0.1, 0.15) is 64.0 Å². The van der Waals surface area contributed by atoms with Crippen LogP contribution >= 0.6 is 0 Å². The topological polar surface area (TPSA) is 63.2 Å². The summed E-state index contributed by atoms with van der Waals surface area (Å²) in [5.74, 6) is 2.90. The Morgan fingerprint density at radius 3 is 2.29 bits per heavy atom. The molecule has 0 aliphatic carbocycles. The van der Waals surface area contributed by atoms with E-state index >= 15 is 0 Å². The minimum Gasteiger partial charge on any atom is -0.324 e. The summed E-state index contributed by atoms with van der Waals surface area (Å²) in [5, 5.41) is 9.14. The molecule has 2 aliphatic heterocycles. The SMILES string of the molecule is CCn1c(CN2CCCC2)nnc1C1CCN(CC(C)(C)N)CC1. The summed E-state index contributed by atoms with van der Waals surface area (Å²) in [7, 11) is 0. The van der Waals surface area contributed by atoms with Gasteiger partial charge in [-0.15, -0.1) is 10.2 Å². The van der Waals surface area contributed by atoms with Crippen molar-refractivity contribution in [2.24, 2.45) is 5.73 Å². The fraction of sp³-hybridized carbons (Fsp3) is 0.889. The molecule has 6 heteroatoms. The Morgan fingerprint density at radius 2 is 1.71 bits per heavy atom. The first-order valence-corrected chi connectivity index (χ1v) is 9.62. The molecular weight excluding hydrogens is 300 g/mol. The first-order valence-electron chi connectivity index (χ1n) is 9.62. The summed E-state index contributed by atoms with van der Waals surface area (Å²) in [6.45, 7) is 14.0. The minimum absolute atomic E-state index is 0.112. The van der Waals surface area contributed by atoms with Gasteiger partial charge in [-0.3, -0.25) is 4.90 Å². The molecule has 0 saturated carbocycles. The van der Waals surface area contributed by atoms with E-state index in [1.54, 1.807) is 0 Å². The Morgan fingerprint density at radius 1 is 1.04 bits per heavy atom. The molecule has 0 radical (unpaired) electrons. The number of likely N-dealkylation sites (tertiary alicyclic amines) is 2. The van der Waals surface area contributed by atoms with Gasteiger partial charge in [-0.2, -0.15) is 0 Å². The van der Waals surface area contributed by atoms with Crippen molar-refractivity contribution in [1.82, 2.24) is 24.6 Å². The van der Waals surface area contributed by atoms with E-state index in [9.17, 15) is 0 Å². The van der Waals surface area contributed by atoms with Crippen molar-refractivity contribution < 1.29 is 0 Å². The molecule has 1 aromatic heterocycles. The molecule has 2 aliphatic rings. The van der Waals surface area contributed by atoms with Gasteiger partial charge in [0.15, 0.2) is 0 Å². The van der Waals surface area contributed by atoms with Gasteiger partial charge in [0, 0.05) is 24.5 Å². The highest BCUT2D eigenvalue weighted by Crippen LogP contribution is 2.28. The standard InChI is InChI=1S/C18H34N6/c1-4-24-16(13-22-9-5-6-10-22)20-21-17(24)15-7-11-23(12-8-15)14-18(2,3)19/h15H,4-14,19H2,1-3H3.